The Morgan fingerprint density at radius 2 is 1.07 bits per heavy atom. The van der Waals surface area contributed by atoms with Crippen LogP contribution in [0.25, 0.3) is 0 Å². The highest BCUT2D eigenvalue weighted by Gasteiger charge is 2.28. The molecule has 29 heavy (non-hydrogen) atoms. The highest BCUT2D eigenvalue weighted by atomic mass is 35.5. The molecule has 0 saturated heterocycles. The quantitative estimate of drug-likeness (QED) is 0.255. The van der Waals surface area contributed by atoms with Crippen LogP contribution in [0.15, 0.2) is 95.7 Å². The van der Waals surface area contributed by atoms with Crippen LogP contribution in [0, 0.1) is 12.0 Å². The number of halogens is 3. The minimum atomic E-state index is -2.72. The normalized spacial score (nSPS) is 11.3. The van der Waals surface area contributed by atoms with Gasteiger partial charge in [0.1, 0.15) is 5.02 Å². The van der Waals surface area contributed by atoms with Crippen molar-refractivity contribution in [1.29, 1.82) is 0 Å². The van der Waals surface area contributed by atoms with E-state index in [2.05, 4.69) is 9.97 Å². The number of hydrogen-bond donors (Lipinski definition) is 0. The van der Waals surface area contributed by atoms with Crippen LogP contribution in [-0.2, 0) is 0 Å². The van der Waals surface area contributed by atoms with Gasteiger partial charge in [0.05, 0.1) is 7.05 Å². The van der Waals surface area contributed by atoms with Gasteiger partial charge in [-0.1, -0.05) is 103 Å². The first-order chi connectivity index (χ1) is 14.1. The summed E-state index contributed by atoms with van der Waals surface area (Å²) in [6.07, 6.45) is -1.21. The van der Waals surface area contributed by atoms with Crippen LogP contribution >= 0.6 is 18.7 Å². The van der Waals surface area contributed by atoms with E-state index in [4.69, 9.17) is 16.3 Å². The Labute approximate surface area is 172 Å². The SMILES string of the molecule is Fc1nc(F)c(Cl)c(N=P(c2ccccc2)(c2ccccc2)c2ccccc2)n1. The molecule has 0 radical (unpaired) electrons. The lowest BCUT2D eigenvalue weighted by atomic mass is 10.4. The third kappa shape index (κ3) is 3.71. The second kappa shape index (κ2) is 8.24. The summed E-state index contributed by atoms with van der Waals surface area (Å²) in [5.74, 6) is -1.34. The van der Waals surface area contributed by atoms with Gasteiger partial charge >= 0.3 is 6.08 Å². The van der Waals surface area contributed by atoms with Crippen molar-refractivity contribution in [2.75, 3.05) is 0 Å². The van der Waals surface area contributed by atoms with Gasteiger partial charge in [0.2, 0.25) is 5.95 Å². The maximum absolute atomic E-state index is 14.1. The van der Waals surface area contributed by atoms with Crippen molar-refractivity contribution in [3.63, 3.8) is 0 Å². The number of benzene rings is 3. The van der Waals surface area contributed by atoms with Crippen molar-refractivity contribution in [1.82, 2.24) is 9.97 Å². The Kier molecular flexibility index (Phi) is 5.52. The molecule has 3 aromatic carbocycles. The number of nitrogens with zero attached hydrogens (tertiary/aromatic N) is 3. The molecule has 0 bridgehead atoms. The molecule has 4 aromatic rings. The molecule has 0 amide bonds. The van der Waals surface area contributed by atoms with E-state index in [0.29, 0.717) is 0 Å². The van der Waals surface area contributed by atoms with E-state index in [1.165, 1.54) is 0 Å². The lowest BCUT2D eigenvalue weighted by molar-refractivity contribution is 0.484. The number of rotatable bonds is 4. The van der Waals surface area contributed by atoms with Gasteiger partial charge in [-0.2, -0.15) is 18.7 Å². The fourth-order valence-corrected chi connectivity index (χ4v) is 6.81. The standard InChI is InChI=1S/C22H15ClF2N3P/c23-19-20(24)26-22(25)27-21(19)28-29(16-10-4-1-5-11-16,17-12-6-2-7-13-17)18-14-8-3-9-15-18/h1-15H. The second-order valence-corrected chi connectivity index (χ2v) is 9.56. The fourth-order valence-electron chi connectivity index (χ4n) is 3.14. The Balaban J connectivity index is 2.18. The Hall–Kier alpha value is -2.88. The highest BCUT2D eigenvalue weighted by Crippen LogP contribution is 2.49. The molecule has 1 heterocycles. The zero-order valence-corrected chi connectivity index (χ0v) is 16.7. The molecular weight excluding hydrogens is 411 g/mol. The summed E-state index contributed by atoms with van der Waals surface area (Å²) in [6, 6.07) is 28.9. The summed E-state index contributed by atoms with van der Waals surface area (Å²) in [7, 11) is -2.72. The van der Waals surface area contributed by atoms with Gasteiger partial charge in [-0.15, -0.1) is 0 Å². The zero-order valence-electron chi connectivity index (χ0n) is 15.1. The van der Waals surface area contributed by atoms with Crippen molar-refractivity contribution in [3.8, 4) is 0 Å². The van der Waals surface area contributed by atoms with Gasteiger partial charge in [0, 0.05) is 15.9 Å². The molecule has 0 atom stereocenters. The molecule has 0 saturated carbocycles. The maximum Gasteiger partial charge on any atom is 0.313 e. The van der Waals surface area contributed by atoms with Crippen LogP contribution in [0.3, 0.4) is 0 Å². The van der Waals surface area contributed by atoms with Gasteiger partial charge < -0.3 is 0 Å². The lowest BCUT2D eigenvalue weighted by Crippen LogP contribution is -2.25. The minimum absolute atomic E-state index is 0.207. The molecule has 0 N–H and O–H groups in total. The summed E-state index contributed by atoms with van der Waals surface area (Å²) in [4.78, 5) is 6.76. The predicted molar refractivity (Wildman–Crippen MR) is 114 cm³/mol. The van der Waals surface area contributed by atoms with Crippen molar-refractivity contribution in [2.45, 2.75) is 0 Å². The molecule has 0 aliphatic heterocycles. The third-order valence-corrected chi connectivity index (χ3v) is 8.35. The molecule has 7 heteroatoms. The van der Waals surface area contributed by atoms with Crippen molar-refractivity contribution >= 4 is 40.4 Å². The second-order valence-electron chi connectivity index (χ2n) is 6.16. The van der Waals surface area contributed by atoms with E-state index >= 15 is 0 Å². The molecule has 0 unspecified atom stereocenters. The predicted octanol–water partition coefficient (Wildman–Crippen LogP) is 5.22. The van der Waals surface area contributed by atoms with Gasteiger partial charge in [-0.3, -0.25) is 0 Å². The zero-order chi connectivity index (χ0) is 20.3. The highest BCUT2D eigenvalue weighted by molar-refractivity contribution is 7.87. The monoisotopic (exact) mass is 425 g/mol. The summed E-state index contributed by atoms with van der Waals surface area (Å²) >= 11 is 6.09. The van der Waals surface area contributed by atoms with E-state index < -0.39 is 24.1 Å². The molecule has 0 spiro atoms. The summed E-state index contributed by atoms with van der Waals surface area (Å²) in [5, 5.41) is 2.33. The molecule has 144 valence electrons. The summed E-state index contributed by atoms with van der Waals surface area (Å²) in [5.41, 5.74) is 0. The molecule has 0 fully saturated rings. The molecule has 1 aromatic heterocycles. The smallest absolute Gasteiger partial charge is 0.233 e. The van der Waals surface area contributed by atoms with Crippen molar-refractivity contribution in [3.05, 3.63) is 108 Å². The van der Waals surface area contributed by atoms with E-state index in [1.807, 2.05) is 91.0 Å². The topological polar surface area (TPSA) is 38.1 Å². The van der Waals surface area contributed by atoms with Crippen LogP contribution in [0.4, 0.5) is 14.6 Å². The van der Waals surface area contributed by atoms with Gasteiger partial charge in [0.15, 0.2) is 5.82 Å². The first kappa shape index (κ1) is 19.4. The van der Waals surface area contributed by atoms with Gasteiger partial charge in [-0.25, -0.2) is 4.74 Å². The molecule has 3 nitrogen and oxygen atoms in total. The fraction of sp³-hybridized carbons (Fsp3) is 0. The van der Waals surface area contributed by atoms with Crippen LogP contribution in [-0.4, -0.2) is 9.97 Å². The van der Waals surface area contributed by atoms with Crippen LogP contribution in [0.5, 0.6) is 0 Å². The van der Waals surface area contributed by atoms with Crippen LogP contribution in [0.1, 0.15) is 0 Å². The Morgan fingerprint density at radius 1 is 0.655 bits per heavy atom. The molecule has 4 rings (SSSR count). The number of hydrogen-bond acceptors (Lipinski definition) is 3. The van der Waals surface area contributed by atoms with Crippen molar-refractivity contribution in [2.24, 2.45) is 4.74 Å². The van der Waals surface area contributed by atoms with Crippen LogP contribution in [0.2, 0.25) is 5.02 Å². The van der Waals surface area contributed by atoms with Crippen LogP contribution < -0.4 is 15.9 Å². The van der Waals surface area contributed by atoms with Gasteiger partial charge in [0.25, 0.3) is 0 Å². The average Bonchev–Trinajstić information content (AvgIpc) is 2.77. The molecule has 0 aliphatic carbocycles. The average molecular weight is 426 g/mol. The molecule has 0 aliphatic rings. The maximum atomic E-state index is 14.1. The third-order valence-electron chi connectivity index (χ3n) is 4.40. The van der Waals surface area contributed by atoms with E-state index in [1.54, 1.807) is 0 Å². The first-order valence-corrected chi connectivity index (χ1v) is 10.9. The largest absolute Gasteiger partial charge is 0.313 e. The van der Waals surface area contributed by atoms with E-state index in [0.717, 1.165) is 15.9 Å². The van der Waals surface area contributed by atoms with Gasteiger partial charge in [-0.05, 0) is 0 Å². The summed E-state index contributed by atoms with van der Waals surface area (Å²) in [6.45, 7) is 0. The minimum Gasteiger partial charge on any atom is -0.233 e. The van der Waals surface area contributed by atoms with E-state index in [-0.39, 0.29) is 5.82 Å². The van der Waals surface area contributed by atoms with Crippen molar-refractivity contribution < 1.29 is 8.78 Å². The molecular formula is C22H15ClF2N3P. The Morgan fingerprint density at radius 3 is 1.48 bits per heavy atom. The summed E-state index contributed by atoms with van der Waals surface area (Å²) < 4.78 is 32.7. The lowest BCUT2D eigenvalue weighted by Gasteiger charge is -2.26. The number of aromatic nitrogens is 2. The first-order valence-electron chi connectivity index (χ1n) is 8.79. The van der Waals surface area contributed by atoms with E-state index in [9.17, 15) is 8.78 Å². The Bertz CT molecular complexity index is 1080.